The van der Waals surface area contributed by atoms with E-state index in [9.17, 15) is 18.0 Å². The Labute approximate surface area is 200 Å². The molecule has 2 fully saturated rings. The zero-order chi connectivity index (χ0) is 24.3. The number of nitrogens with zero attached hydrogens (tertiary/aromatic N) is 2. The minimum atomic E-state index is -3.69. The van der Waals surface area contributed by atoms with E-state index in [2.05, 4.69) is 12.2 Å². The molecule has 4 rings (SSSR count). The van der Waals surface area contributed by atoms with Gasteiger partial charge in [-0.1, -0.05) is 25.1 Å². The van der Waals surface area contributed by atoms with Crippen molar-refractivity contribution < 1.29 is 22.7 Å². The number of hydrogen-bond donors (Lipinski definition) is 1. The van der Waals surface area contributed by atoms with E-state index in [0.29, 0.717) is 62.1 Å². The van der Waals surface area contributed by atoms with Crippen LogP contribution in [0.5, 0.6) is 0 Å². The van der Waals surface area contributed by atoms with Gasteiger partial charge in [0.1, 0.15) is 0 Å². The Morgan fingerprint density at radius 1 is 0.971 bits per heavy atom. The average molecular weight is 486 g/mol. The SMILES string of the molecule is Cc1ccc(S(=O)(=O)N2CCC(C)CC2)cc1C(=O)Nc1ccccc1C(=O)N1CCOCC1. The van der Waals surface area contributed by atoms with Gasteiger partial charge in [-0.2, -0.15) is 4.31 Å². The van der Waals surface area contributed by atoms with Crippen molar-refractivity contribution >= 4 is 27.5 Å². The summed E-state index contributed by atoms with van der Waals surface area (Å²) in [4.78, 5) is 28.1. The molecule has 0 aliphatic carbocycles. The molecule has 0 unspecified atom stereocenters. The van der Waals surface area contributed by atoms with Crippen LogP contribution in [0.25, 0.3) is 0 Å². The van der Waals surface area contributed by atoms with Crippen LogP contribution in [0.2, 0.25) is 0 Å². The number of benzene rings is 2. The van der Waals surface area contributed by atoms with E-state index >= 15 is 0 Å². The molecule has 2 heterocycles. The number of piperidine rings is 1. The first-order valence-corrected chi connectivity index (χ1v) is 13.1. The van der Waals surface area contributed by atoms with Crippen LogP contribution in [-0.4, -0.2) is 68.8 Å². The molecule has 0 atom stereocenters. The molecule has 9 heteroatoms. The van der Waals surface area contributed by atoms with Crippen LogP contribution >= 0.6 is 0 Å². The highest BCUT2D eigenvalue weighted by atomic mass is 32.2. The molecule has 0 aromatic heterocycles. The summed E-state index contributed by atoms with van der Waals surface area (Å²) in [5.41, 5.74) is 1.70. The van der Waals surface area contributed by atoms with Crippen molar-refractivity contribution in [2.75, 3.05) is 44.7 Å². The minimum Gasteiger partial charge on any atom is -0.378 e. The number of sulfonamides is 1. The molecule has 1 N–H and O–H groups in total. The van der Waals surface area contributed by atoms with Crippen molar-refractivity contribution in [3.63, 3.8) is 0 Å². The largest absolute Gasteiger partial charge is 0.378 e. The van der Waals surface area contributed by atoms with E-state index < -0.39 is 15.9 Å². The van der Waals surface area contributed by atoms with E-state index in [1.165, 1.54) is 10.4 Å². The molecule has 34 heavy (non-hydrogen) atoms. The fraction of sp³-hybridized carbons (Fsp3) is 0.440. The highest BCUT2D eigenvalue weighted by Gasteiger charge is 2.29. The highest BCUT2D eigenvalue weighted by molar-refractivity contribution is 7.89. The molecular weight excluding hydrogens is 454 g/mol. The van der Waals surface area contributed by atoms with Crippen LogP contribution < -0.4 is 5.32 Å². The molecular formula is C25H31N3O5S. The van der Waals surface area contributed by atoms with Crippen LogP contribution in [0.3, 0.4) is 0 Å². The molecule has 2 aromatic rings. The van der Waals surface area contributed by atoms with Gasteiger partial charge in [0.2, 0.25) is 10.0 Å². The third-order valence-corrected chi connectivity index (χ3v) is 8.43. The van der Waals surface area contributed by atoms with E-state index in [-0.39, 0.29) is 16.4 Å². The number of ether oxygens (including phenoxy) is 1. The summed E-state index contributed by atoms with van der Waals surface area (Å²) >= 11 is 0. The number of nitrogens with one attached hydrogen (secondary N) is 1. The van der Waals surface area contributed by atoms with Gasteiger partial charge in [-0.05, 0) is 55.5 Å². The molecule has 2 saturated heterocycles. The predicted molar refractivity (Wildman–Crippen MR) is 129 cm³/mol. The molecule has 182 valence electrons. The van der Waals surface area contributed by atoms with E-state index in [0.717, 1.165) is 12.8 Å². The third kappa shape index (κ3) is 5.16. The second kappa shape index (κ2) is 10.2. The first-order chi connectivity index (χ1) is 16.3. The summed E-state index contributed by atoms with van der Waals surface area (Å²) in [6.45, 7) is 6.81. The molecule has 2 amide bonds. The summed E-state index contributed by atoms with van der Waals surface area (Å²) in [7, 11) is -3.69. The summed E-state index contributed by atoms with van der Waals surface area (Å²) in [6, 6.07) is 11.5. The fourth-order valence-corrected chi connectivity index (χ4v) is 5.78. The zero-order valence-electron chi connectivity index (χ0n) is 19.6. The summed E-state index contributed by atoms with van der Waals surface area (Å²) in [5, 5.41) is 2.83. The Bertz CT molecular complexity index is 1170. The normalized spacial score (nSPS) is 18.0. The van der Waals surface area contributed by atoms with Crippen molar-refractivity contribution in [1.82, 2.24) is 9.21 Å². The zero-order valence-corrected chi connectivity index (χ0v) is 20.4. The maximum atomic E-state index is 13.2. The van der Waals surface area contributed by atoms with Crippen LogP contribution in [0.4, 0.5) is 5.69 Å². The topological polar surface area (TPSA) is 96.0 Å². The second-order valence-electron chi connectivity index (χ2n) is 8.97. The lowest BCUT2D eigenvalue weighted by atomic mass is 10.0. The quantitative estimate of drug-likeness (QED) is 0.702. The molecule has 0 spiro atoms. The number of anilines is 1. The Morgan fingerprint density at radius 2 is 1.65 bits per heavy atom. The Kier molecular flexibility index (Phi) is 7.35. The number of morpholine rings is 1. The molecule has 2 aliphatic heterocycles. The maximum Gasteiger partial charge on any atom is 0.256 e. The molecule has 0 saturated carbocycles. The second-order valence-corrected chi connectivity index (χ2v) is 10.9. The molecule has 8 nitrogen and oxygen atoms in total. The highest BCUT2D eigenvalue weighted by Crippen LogP contribution is 2.26. The lowest BCUT2D eigenvalue weighted by Crippen LogP contribution is -2.41. The molecule has 2 aromatic carbocycles. The van der Waals surface area contributed by atoms with Gasteiger partial charge in [-0.3, -0.25) is 9.59 Å². The van der Waals surface area contributed by atoms with Gasteiger partial charge in [0.25, 0.3) is 11.8 Å². The van der Waals surface area contributed by atoms with Gasteiger partial charge in [0, 0.05) is 31.7 Å². The number of para-hydroxylation sites is 1. The Balaban J connectivity index is 1.57. The van der Waals surface area contributed by atoms with Crippen LogP contribution in [0, 0.1) is 12.8 Å². The standard InChI is InChI=1S/C25H31N3O5S/c1-18-9-11-28(12-10-18)34(31,32)20-8-7-19(2)22(17-20)24(29)26-23-6-4-3-5-21(23)25(30)27-13-15-33-16-14-27/h3-8,17-18H,9-16H2,1-2H3,(H,26,29). The first kappa shape index (κ1) is 24.4. The molecule has 0 radical (unpaired) electrons. The van der Waals surface area contributed by atoms with E-state index in [1.54, 1.807) is 48.2 Å². The van der Waals surface area contributed by atoms with Crippen LogP contribution in [-0.2, 0) is 14.8 Å². The van der Waals surface area contributed by atoms with Crippen molar-refractivity contribution in [3.8, 4) is 0 Å². The maximum absolute atomic E-state index is 13.2. The number of rotatable bonds is 5. The monoisotopic (exact) mass is 485 g/mol. The predicted octanol–water partition coefficient (Wildman–Crippen LogP) is 3.14. The van der Waals surface area contributed by atoms with Gasteiger partial charge in [0.05, 0.1) is 29.4 Å². The number of carbonyl (C=O) groups is 2. The number of aryl methyl sites for hydroxylation is 1. The van der Waals surface area contributed by atoms with Crippen LogP contribution in [0.15, 0.2) is 47.4 Å². The van der Waals surface area contributed by atoms with Gasteiger partial charge in [-0.15, -0.1) is 0 Å². The van der Waals surface area contributed by atoms with Crippen molar-refractivity contribution in [2.24, 2.45) is 5.92 Å². The minimum absolute atomic E-state index is 0.107. The average Bonchev–Trinajstić information content (AvgIpc) is 2.85. The fourth-order valence-electron chi connectivity index (χ4n) is 4.29. The van der Waals surface area contributed by atoms with Crippen LogP contribution in [0.1, 0.15) is 46.0 Å². The van der Waals surface area contributed by atoms with Crippen molar-refractivity contribution in [2.45, 2.75) is 31.6 Å². The molecule has 2 aliphatic rings. The summed E-state index contributed by atoms with van der Waals surface area (Å²) < 4.78 is 33.2. The van der Waals surface area contributed by atoms with Gasteiger partial charge >= 0.3 is 0 Å². The third-order valence-electron chi connectivity index (χ3n) is 6.54. The number of hydrogen-bond acceptors (Lipinski definition) is 5. The first-order valence-electron chi connectivity index (χ1n) is 11.7. The number of amides is 2. The van der Waals surface area contributed by atoms with Gasteiger partial charge < -0.3 is 15.0 Å². The summed E-state index contributed by atoms with van der Waals surface area (Å²) in [5.74, 6) is -0.123. The molecule has 0 bridgehead atoms. The number of carbonyl (C=O) groups excluding carboxylic acids is 2. The van der Waals surface area contributed by atoms with E-state index in [1.807, 2.05) is 0 Å². The lowest BCUT2D eigenvalue weighted by Gasteiger charge is -2.29. The Hall–Kier alpha value is -2.75. The Morgan fingerprint density at radius 3 is 2.35 bits per heavy atom. The van der Waals surface area contributed by atoms with E-state index in [4.69, 9.17) is 4.74 Å². The van der Waals surface area contributed by atoms with Gasteiger partial charge in [0.15, 0.2) is 0 Å². The lowest BCUT2D eigenvalue weighted by molar-refractivity contribution is 0.0303. The van der Waals surface area contributed by atoms with Crippen molar-refractivity contribution in [3.05, 3.63) is 59.2 Å². The van der Waals surface area contributed by atoms with Crippen molar-refractivity contribution in [1.29, 1.82) is 0 Å². The smallest absolute Gasteiger partial charge is 0.256 e. The van der Waals surface area contributed by atoms with Gasteiger partial charge in [-0.25, -0.2) is 8.42 Å². The summed E-state index contributed by atoms with van der Waals surface area (Å²) in [6.07, 6.45) is 1.65.